The number of cyclic esters (lactones) is 1. The molecular formula is C14H13ClN2O4. The number of halogens is 1. The second-order valence-electron chi connectivity index (χ2n) is 5.04. The number of hydrogen-bond acceptors (Lipinski definition) is 4. The molecule has 3 amide bonds. The Bertz CT molecular complexity index is 597. The molecule has 0 N–H and O–H groups in total. The average Bonchev–Trinajstić information content (AvgIpc) is 2.72. The van der Waals surface area contributed by atoms with Crippen molar-refractivity contribution in [3.8, 4) is 0 Å². The van der Waals surface area contributed by atoms with Crippen molar-refractivity contribution in [3.05, 3.63) is 34.9 Å². The van der Waals surface area contributed by atoms with Crippen molar-refractivity contribution in [2.24, 2.45) is 0 Å². The van der Waals surface area contributed by atoms with Gasteiger partial charge in [0.1, 0.15) is 0 Å². The molecule has 0 spiro atoms. The molecule has 2 saturated heterocycles. The van der Waals surface area contributed by atoms with Crippen molar-refractivity contribution in [2.45, 2.75) is 12.5 Å². The van der Waals surface area contributed by atoms with Crippen LogP contribution in [0.25, 0.3) is 0 Å². The summed E-state index contributed by atoms with van der Waals surface area (Å²) in [6, 6.07) is 6.90. The first-order valence-electron chi connectivity index (χ1n) is 6.56. The standard InChI is InChI=1S/C14H13ClN2O4/c15-11-4-2-1-3-9(11)5-12(18)16-6-10(7-16)17-13(19)8-21-14(17)20/h1-4,10H,5-8H2. The van der Waals surface area contributed by atoms with Crippen molar-refractivity contribution in [1.82, 2.24) is 9.80 Å². The zero-order valence-electron chi connectivity index (χ0n) is 11.1. The lowest BCUT2D eigenvalue weighted by atomic mass is 10.0. The van der Waals surface area contributed by atoms with E-state index in [9.17, 15) is 14.4 Å². The quantitative estimate of drug-likeness (QED) is 0.838. The van der Waals surface area contributed by atoms with Crippen molar-refractivity contribution < 1.29 is 19.1 Å². The molecule has 0 saturated carbocycles. The number of rotatable bonds is 3. The second-order valence-corrected chi connectivity index (χ2v) is 5.45. The van der Waals surface area contributed by atoms with Gasteiger partial charge in [0.25, 0.3) is 5.91 Å². The van der Waals surface area contributed by atoms with E-state index in [0.717, 1.165) is 10.5 Å². The van der Waals surface area contributed by atoms with Crippen LogP contribution in [0.5, 0.6) is 0 Å². The number of nitrogens with zero attached hydrogens (tertiary/aromatic N) is 2. The van der Waals surface area contributed by atoms with Crippen molar-refractivity contribution >= 4 is 29.5 Å². The lowest BCUT2D eigenvalue weighted by molar-refractivity contribution is -0.141. The van der Waals surface area contributed by atoms with Gasteiger partial charge in [-0.2, -0.15) is 0 Å². The smallest absolute Gasteiger partial charge is 0.417 e. The van der Waals surface area contributed by atoms with Gasteiger partial charge in [0.05, 0.1) is 12.5 Å². The summed E-state index contributed by atoms with van der Waals surface area (Å²) in [5.41, 5.74) is 0.768. The third-order valence-corrected chi connectivity index (χ3v) is 4.03. The number of likely N-dealkylation sites (tertiary alicyclic amines) is 1. The highest BCUT2D eigenvalue weighted by Crippen LogP contribution is 2.22. The topological polar surface area (TPSA) is 66.9 Å². The molecule has 2 aliphatic rings. The first-order chi connectivity index (χ1) is 10.1. The molecule has 0 bridgehead atoms. The molecule has 0 aromatic heterocycles. The fourth-order valence-electron chi connectivity index (χ4n) is 2.46. The van der Waals surface area contributed by atoms with Crippen LogP contribution in [0, 0.1) is 0 Å². The number of carbonyl (C=O) groups excluding carboxylic acids is 3. The molecule has 2 fully saturated rings. The van der Waals surface area contributed by atoms with Gasteiger partial charge in [-0.15, -0.1) is 0 Å². The van der Waals surface area contributed by atoms with Crippen LogP contribution in [0.4, 0.5) is 4.79 Å². The summed E-state index contributed by atoms with van der Waals surface area (Å²) in [7, 11) is 0. The van der Waals surface area contributed by atoms with Crippen LogP contribution in [0.3, 0.4) is 0 Å². The Labute approximate surface area is 126 Å². The van der Waals surface area contributed by atoms with Crippen molar-refractivity contribution in [3.63, 3.8) is 0 Å². The Kier molecular flexibility index (Phi) is 3.55. The highest BCUT2D eigenvalue weighted by molar-refractivity contribution is 6.31. The first kappa shape index (κ1) is 13.9. The summed E-state index contributed by atoms with van der Waals surface area (Å²) in [6.07, 6.45) is -0.409. The minimum absolute atomic E-state index is 0.0700. The van der Waals surface area contributed by atoms with Crippen LogP contribution in [0.15, 0.2) is 24.3 Å². The van der Waals surface area contributed by atoms with E-state index in [4.69, 9.17) is 11.6 Å². The molecule has 2 aliphatic heterocycles. The Balaban J connectivity index is 1.57. The molecule has 7 heteroatoms. The molecule has 6 nitrogen and oxygen atoms in total. The number of imide groups is 1. The van der Waals surface area contributed by atoms with E-state index in [-0.39, 0.29) is 30.9 Å². The first-order valence-corrected chi connectivity index (χ1v) is 6.94. The third kappa shape index (κ3) is 2.58. The highest BCUT2D eigenvalue weighted by Gasteiger charge is 2.44. The molecule has 110 valence electrons. The van der Waals surface area contributed by atoms with Gasteiger partial charge >= 0.3 is 6.09 Å². The van der Waals surface area contributed by atoms with E-state index in [2.05, 4.69) is 4.74 Å². The number of carbonyl (C=O) groups is 3. The summed E-state index contributed by atoms with van der Waals surface area (Å²) in [5, 5.41) is 0.557. The van der Waals surface area contributed by atoms with E-state index in [1.165, 1.54) is 0 Å². The second kappa shape index (κ2) is 5.37. The largest absolute Gasteiger partial charge is 0.439 e. The maximum atomic E-state index is 12.1. The fourth-order valence-corrected chi connectivity index (χ4v) is 2.66. The van der Waals surface area contributed by atoms with Crippen LogP contribution in [-0.2, 0) is 20.7 Å². The monoisotopic (exact) mass is 308 g/mol. The molecule has 1 aromatic rings. The lowest BCUT2D eigenvalue weighted by Gasteiger charge is -2.42. The third-order valence-electron chi connectivity index (χ3n) is 3.66. The molecule has 21 heavy (non-hydrogen) atoms. The Morgan fingerprint density at radius 2 is 2.00 bits per heavy atom. The summed E-state index contributed by atoms with van der Waals surface area (Å²) < 4.78 is 4.66. The van der Waals surface area contributed by atoms with E-state index in [1.807, 2.05) is 6.07 Å². The maximum absolute atomic E-state index is 12.1. The van der Waals surface area contributed by atoms with Crippen molar-refractivity contribution in [2.75, 3.05) is 19.7 Å². The molecule has 2 heterocycles. The summed E-state index contributed by atoms with van der Waals surface area (Å²) in [6.45, 7) is 0.497. The van der Waals surface area contributed by atoms with E-state index in [1.54, 1.807) is 23.1 Å². The molecule has 0 radical (unpaired) electrons. The van der Waals surface area contributed by atoms with Gasteiger partial charge in [0.2, 0.25) is 5.91 Å². The highest BCUT2D eigenvalue weighted by atomic mass is 35.5. The molecular weight excluding hydrogens is 296 g/mol. The lowest BCUT2D eigenvalue weighted by Crippen LogP contribution is -2.62. The van der Waals surface area contributed by atoms with Gasteiger partial charge < -0.3 is 9.64 Å². The number of amides is 3. The molecule has 3 rings (SSSR count). The van der Waals surface area contributed by atoms with E-state index >= 15 is 0 Å². The van der Waals surface area contributed by atoms with Crippen LogP contribution < -0.4 is 0 Å². The Morgan fingerprint density at radius 1 is 1.29 bits per heavy atom. The number of hydrogen-bond donors (Lipinski definition) is 0. The molecule has 1 aromatic carbocycles. The fraction of sp³-hybridized carbons (Fsp3) is 0.357. The Morgan fingerprint density at radius 3 is 2.62 bits per heavy atom. The summed E-state index contributed by atoms with van der Waals surface area (Å²) in [4.78, 5) is 37.7. The van der Waals surface area contributed by atoms with Crippen LogP contribution in [0.1, 0.15) is 5.56 Å². The van der Waals surface area contributed by atoms with Crippen molar-refractivity contribution in [1.29, 1.82) is 0 Å². The van der Waals surface area contributed by atoms with Gasteiger partial charge in [0, 0.05) is 18.1 Å². The van der Waals surface area contributed by atoms with Gasteiger partial charge in [-0.05, 0) is 11.6 Å². The number of benzene rings is 1. The number of ether oxygens (including phenoxy) is 1. The summed E-state index contributed by atoms with van der Waals surface area (Å²) >= 11 is 6.02. The predicted molar refractivity (Wildman–Crippen MR) is 73.7 cm³/mol. The van der Waals surface area contributed by atoms with Crippen LogP contribution >= 0.6 is 11.6 Å². The van der Waals surface area contributed by atoms with E-state index in [0.29, 0.717) is 18.1 Å². The SMILES string of the molecule is O=C(Cc1ccccc1Cl)N1CC(N2C(=O)COC2=O)C1. The normalized spacial score (nSPS) is 18.7. The zero-order valence-corrected chi connectivity index (χ0v) is 11.9. The predicted octanol–water partition coefficient (Wildman–Crippen LogP) is 1.07. The van der Waals surface area contributed by atoms with Crippen LogP contribution in [-0.4, -0.2) is 53.4 Å². The van der Waals surface area contributed by atoms with Gasteiger partial charge in [-0.1, -0.05) is 29.8 Å². The molecule has 0 aliphatic carbocycles. The summed E-state index contributed by atoms with van der Waals surface area (Å²) in [5.74, 6) is -0.414. The van der Waals surface area contributed by atoms with Gasteiger partial charge in [-0.3, -0.25) is 9.59 Å². The zero-order chi connectivity index (χ0) is 15.0. The van der Waals surface area contributed by atoms with Crippen LogP contribution in [0.2, 0.25) is 5.02 Å². The maximum Gasteiger partial charge on any atom is 0.417 e. The molecule has 0 atom stereocenters. The van der Waals surface area contributed by atoms with Gasteiger partial charge in [-0.25, -0.2) is 9.69 Å². The van der Waals surface area contributed by atoms with E-state index < -0.39 is 6.09 Å². The average molecular weight is 309 g/mol. The Hall–Kier alpha value is -2.08. The molecule has 0 unspecified atom stereocenters. The minimum atomic E-state index is -0.622. The van der Waals surface area contributed by atoms with Gasteiger partial charge in [0.15, 0.2) is 6.61 Å². The minimum Gasteiger partial charge on any atom is -0.439 e.